The van der Waals surface area contributed by atoms with Gasteiger partial charge in [0.2, 0.25) is 0 Å². The van der Waals surface area contributed by atoms with Crippen molar-refractivity contribution < 1.29 is 51.1 Å². The fraction of sp³-hybridized carbons (Fsp3) is 0.550. The zero-order valence-electron chi connectivity index (χ0n) is 21.8. The van der Waals surface area contributed by atoms with Crippen molar-refractivity contribution in [3.63, 3.8) is 0 Å². The maximum absolute atomic E-state index is 15.6. The van der Waals surface area contributed by atoms with Crippen molar-refractivity contribution in [2.24, 2.45) is 0 Å². The molecule has 10 atom stereocenters. The Kier molecular flexibility index (Phi) is 8.10. The van der Waals surface area contributed by atoms with Gasteiger partial charge in [-0.25, -0.2) is 33.3 Å². The molecule has 6 heterocycles. The molecule has 0 radical (unpaired) electrons. The smallest absolute Gasteiger partial charge is 0.382 e. The summed E-state index contributed by atoms with van der Waals surface area (Å²) in [5.74, 6) is -0.431. The van der Waals surface area contributed by atoms with Crippen molar-refractivity contribution in [2.75, 3.05) is 25.2 Å². The molecule has 43 heavy (non-hydrogen) atoms. The number of rotatable bonds is 3. The summed E-state index contributed by atoms with van der Waals surface area (Å²) in [5, 5.41) is 0. The fourth-order valence-electron chi connectivity index (χ4n) is 5.00. The molecule has 0 spiro atoms. The predicted octanol–water partition coefficient (Wildman–Crippen LogP) is -0.159. The summed E-state index contributed by atoms with van der Waals surface area (Å²) >= 11 is 0.315. The number of imidazole rings is 1. The molecule has 6 rings (SSSR count). The van der Waals surface area contributed by atoms with Crippen LogP contribution >= 0.6 is 26.0 Å². The molecule has 2 bridgehead atoms. The van der Waals surface area contributed by atoms with Gasteiger partial charge in [0.15, 0.2) is 30.1 Å². The number of phosphoric ester groups is 1. The predicted molar refractivity (Wildman–Crippen MR) is 142 cm³/mol. The Morgan fingerprint density at radius 1 is 1.12 bits per heavy atom. The summed E-state index contributed by atoms with van der Waals surface area (Å²) in [7, 11) is -3.85. The second-order valence-corrected chi connectivity index (χ2v) is 14.8. The molecule has 3 aromatic rings. The van der Waals surface area contributed by atoms with Crippen molar-refractivity contribution in [3.05, 3.63) is 45.8 Å². The summed E-state index contributed by atoms with van der Waals surface area (Å²) in [5.41, 5.74) is 4.58. The number of methoxy groups -OCH3 is 1. The number of phosphoric acid groups is 1. The SMILES string of the molecule is CO[C@@H]1[C@@H]2OP(=O)(O)SC[C@H]3O[C@@H](n4ccc(=O)[nH]c4=O)[C@H](OP(=O)(O)OC[C@H]2O[C@H]1n1cnc2c(N)ncnc21)[C@@H]3F. The minimum Gasteiger partial charge on any atom is -0.382 e. The van der Waals surface area contributed by atoms with E-state index in [1.165, 1.54) is 24.3 Å². The van der Waals surface area contributed by atoms with Gasteiger partial charge in [0.25, 0.3) is 5.56 Å². The molecular formula is C20H24FN7O12P2S. The first kappa shape index (κ1) is 30.5. The van der Waals surface area contributed by atoms with Crippen molar-refractivity contribution in [2.45, 2.75) is 49.1 Å². The van der Waals surface area contributed by atoms with E-state index in [-0.39, 0.29) is 17.0 Å². The molecule has 3 aliphatic heterocycles. The van der Waals surface area contributed by atoms with Crippen LogP contribution in [0.4, 0.5) is 10.2 Å². The van der Waals surface area contributed by atoms with Crippen LogP contribution in [0.5, 0.6) is 0 Å². The van der Waals surface area contributed by atoms with Crippen molar-refractivity contribution in [1.29, 1.82) is 0 Å². The molecule has 5 N–H and O–H groups in total. The van der Waals surface area contributed by atoms with E-state index < -0.39 is 87.4 Å². The first-order valence-corrected chi connectivity index (χ1v) is 17.1. The second-order valence-electron chi connectivity index (χ2n) is 9.54. The van der Waals surface area contributed by atoms with E-state index in [9.17, 15) is 28.5 Å². The molecule has 3 aromatic heterocycles. The average Bonchev–Trinajstić information content (AvgIpc) is 3.60. The lowest BCUT2D eigenvalue weighted by molar-refractivity contribution is -0.0630. The number of hydrogen-bond donors (Lipinski definition) is 4. The maximum atomic E-state index is 15.6. The quantitative estimate of drug-likeness (QED) is 0.265. The van der Waals surface area contributed by atoms with Crippen LogP contribution < -0.4 is 17.0 Å². The van der Waals surface area contributed by atoms with Gasteiger partial charge in [-0.2, -0.15) is 0 Å². The highest BCUT2D eigenvalue weighted by molar-refractivity contribution is 8.54. The summed E-state index contributed by atoms with van der Waals surface area (Å²) in [6, 6.07) is 0.949. The Labute approximate surface area is 243 Å². The number of halogens is 1. The topological polar surface area (TPSA) is 254 Å². The van der Waals surface area contributed by atoms with Crippen LogP contribution in [0.1, 0.15) is 12.5 Å². The lowest BCUT2D eigenvalue weighted by Gasteiger charge is -2.26. The molecule has 0 aromatic carbocycles. The zero-order valence-corrected chi connectivity index (χ0v) is 24.4. The maximum Gasteiger partial charge on any atom is 0.472 e. The lowest BCUT2D eigenvalue weighted by Crippen LogP contribution is -2.38. The van der Waals surface area contributed by atoms with Gasteiger partial charge in [-0.1, -0.05) is 0 Å². The first-order valence-electron chi connectivity index (χ1n) is 12.4. The van der Waals surface area contributed by atoms with Crippen LogP contribution in [0.25, 0.3) is 11.2 Å². The summed E-state index contributed by atoms with van der Waals surface area (Å²) < 4.78 is 77.0. The minimum absolute atomic E-state index is 0.0814. The van der Waals surface area contributed by atoms with Crippen molar-refractivity contribution in [1.82, 2.24) is 29.1 Å². The third-order valence-corrected chi connectivity index (χ3v) is 10.9. The summed E-state index contributed by atoms with van der Waals surface area (Å²) in [6.07, 6.45) is -8.68. The van der Waals surface area contributed by atoms with Crippen LogP contribution in [0.15, 0.2) is 34.5 Å². The molecule has 3 fully saturated rings. The van der Waals surface area contributed by atoms with Gasteiger partial charge >= 0.3 is 20.3 Å². The van der Waals surface area contributed by atoms with Gasteiger partial charge in [-0.05, 0) is 11.4 Å². The molecule has 3 saturated heterocycles. The molecule has 0 aliphatic carbocycles. The lowest BCUT2D eigenvalue weighted by atomic mass is 10.1. The molecule has 2 unspecified atom stereocenters. The van der Waals surface area contributed by atoms with Gasteiger partial charge < -0.3 is 29.7 Å². The number of nitrogens with zero attached hydrogens (tertiary/aromatic N) is 5. The molecule has 0 saturated carbocycles. The van der Waals surface area contributed by atoms with E-state index in [1.807, 2.05) is 4.98 Å². The summed E-state index contributed by atoms with van der Waals surface area (Å²) in [6.45, 7) is -5.40. The van der Waals surface area contributed by atoms with Gasteiger partial charge in [0, 0.05) is 25.1 Å². The van der Waals surface area contributed by atoms with Gasteiger partial charge in [0.05, 0.1) is 12.9 Å². The van der Waals surface area contributed by atoms with E-state index in [0.29, 0.717) is 11.4 Å². The molecule has 23 heteroatoms. The number of H-pyrrole nitrogens is 1. The normalized spacial score (nSPS) is 38.7. The highest BCUT2D eigenvalue weighted by Gasteiger charge is 2.54. The van der Waals surface area contributed by atoms with Crippen LogP contribution in [-0.2, 0) is 36.9 Å². The number of nitrogens with one attached hydrogen (secondary N) is 1. The Hall–Kier alpha value is -2.55. The number of nitrogen functional groups attached to an aromatic ring is 1. The molecule has 3 aliphatic rings. The van der Waals surface area contributed by atoms with Gasteiger partial charge in [-0.15, -0.1) is 0 Å². The zero-order chi connectivity index (χ0) is 30.7. The number of hydrogen-bond acceptors (Lipinski definition) is 15. The monoisotopic (exact) mass is 667 g/mol. The Bertz CT molecular complexity index is 1740. The van der Waals surface area contributed by atoms with E-state index in [1.54, 1.807) is 0 Å². The van der Waals surface area contributed by atoms with Crippen molar-refractivity contribution >= 4 is 43.0 Å². The number of aromatic nitrogens is 6. The molecule has 0 amide bonds. The van der Waals surface area contributed by atoms with Gasteiger partial charge in [-0.3, -0.25) is 32.5 Å². The fourth-order valence-corrected chi connectivity index (χ4v) is 8.63. The number of ether oxygens (including phenoxy) is 3. The molecule has 19 nitrogen and oxygen atoms in total. The Morgan fingerprint density at radius 3 is 2.63 bits per heavy atom. The van der Waals surface area contributed by atoms with E-state index in [2.05, 4.69) is 15.0 Å². The second kappa shape index (κ2) is 11.4. The third-order valence-electron chi connectivity index (χ3n) is 6.92. The number of aromatic amines is 1. The molecule has 234 valence electrons. The average molecular weight is 667 g/mol. The number of alkyl halides is 1. The highest BCUT2D eigenvalue weighted by atomic mass is 32.7. The van der Waals surface area contributed by atoms with E-state index in [0.717, 1.165) is 16.8 Å². The van der Waals surface area contributed by atoms with E-state index >= 15 is 4.39 Å². The number of nitrogens with two attached hydrogens (primary N) is 1. The number of fused-ring (bicyclic) bond motifs is 4. The van der Waals surface area contributed by atoms with Crippen LogP contribution in [0.3, 0.4) is 0 Å². The van der Waals surface area contributed by atoms with Crippen LogP contribution in [0, 0.1) is 0 Å². The van der Waals surface area contributed by atoms with E-state index in [4.69, 9.17) is 33.5 Å². The Balaban J connectivity index is 1.33. The van der Waals surface area contributed by atoms with Crippen LogP contribution in [-0.4, -0.2) is 95.0 Å². The van der Waals surface area contributed by atoms with Crippen LogP contribution in [0.2, 0.25) is 0 Å². The molecular weight excluding hydrogens is 643 g/mol. The Morgan fingerprint density at radius 2 is 1.88 bits per heavy atom. The highest BCUT2D eigenvalue weighted by Crippen LogP contribution is 2.60. The number of anilines is 1. The standard InChI is InChI=1S/C20H24FN7O12P2S/c1-35-15-13-8(37-19(15)28-7-25-12-16(22)23-6-24-17(12)28)4-36-41(31,32)39-14-11(21)9(5-43-42(33,34)40-13)38-18(14)27-3-2-10(29)26-20(27)30/h2-3,6-9,11,13-15,18-19H,4-5H2,1H3,(H,31,32)(H,33,34)(H2,22,23,24)(H,26,29,30)/t8-,9-,11-,13-,14-,15-,18-,19-/m1/s1. The largest absolute Gasteiger partial charge is 0.472 e. The third kappa shape index (κ3) is 5.83. The first-order chi connectivity index (χ1) is 20.4. The van der Waals surface area contributed by atoms with Gasteiger partial charge in [0.1, 0.15) is 42.4 Å². The summed E-state index contributed by atoms with van der Waals surface area (Å²) in [4.78, 5) is 59.4. The van der Waals surface area contributed by atoms with Crippen molar-refractivity contribution in [3.8, 4) is 0 Å². The minimum atomic E-state index is -5.13.